The van der Waals surface area contributed by atoms with Gasteiger partial charge in [0.25, 0.3) is 0 Å². The van der Waals surface area contributed by atoms with Crippen molar-refractivity contribution < 1.29 is 19.1 Å². The van der Waals surface area contributed by atoms with Gasteiger partial charge in [-0.15, -0.1) is 0 Å². The van der Waals surface area contributed by atoms with E-state index in [0.717, 1.165) is 16.8 Å². The lowest BCUT2D eigenvalue weighted by Crippen LogP contribution is -2.47. The maximum absolute atomic E-state index is 13.1. The monoisotopic (exact) mass is 495 g/mol. The van der Waals surface area contributed by atoms with Crippen molar-refractivity contribution in [3.8, 4) is 0 Å². The van der Waals surface area contributed by atoms with Crippen LogP contribution in [0, 0.1) is 0 Å². The Kier molecular flexibility index (Phi) is 9.39. The quantitative estimate of drug-likeness (QED) is 0.285. The third-order valence-electron chi connectivity index (χ3n) is 6.07. The minimum Gasteiger partial charge on any atom is -0.460 e. The Labute approximate surface area is 212 Å². The molecule has 0 saturated carbocycles. The van der Waals surface area contributed by atoms with E-state index in [9.17, 15) is 9.59 Å². The molecule has 1 aliphatic rings. The van der Waals surface area contributed by atoms with Crippen molar-refractivity contribution in [2.45, 2.75) is 39.2 Å². The lowest BCUT2D eigenvalue weighted by molar-refractivity contribution is -0.140. The summed E-state index contributed by atoms with van der Waals surface area (Å²) in [5.41, 5.74) is 3.65. The summed E-state index contributed by atoms with van der Waals surface area (Å²) in [6.07, 6.45) is 0.681. The summed E-state index contributed by atoms with van der Waals surface area (Å²) in [7, 11) is 1.56. The maximum atomic E-state index is 13.1. The SMILES string of the molecule is CCC(C(=O)Nc1cccc(C2NC(=S)N(CC)C(C)=C2C(=O)OCCOC)c1)c1ccccc1. The number of amides is 1. The number of ether oxygens (including phenoxy) is 2. The van der Waals surface area contributed by atoms with Crippen molar-refractivity contribution >= 4 is 34.9 Å². The number of thiocarbonyl (C=S) groups is 1. The zero-order valence-corrected chi connectivity index (χ0v) is 21.5. The van der Waals surface area contributed by atoms with E-state index in [1.165, 1.54) is 0 Å². The molecular formula is C27H33N3O4S. The fourth-order valence-electron chi connectivity index (χ4n) is 4.26. The van der Waals surface area contributed by atoms with E-state index in [1.54, 1.807) is 7.11 Å². The highest BCUT2D eigenvalue weighted by molar-refractivity contribution is 7.80. The fraction of sp³-hybridized carbons (Fsp3) is 0.370. The Hall–Kier alpha value is -3.23. The first-order chi connectivity index (χ1) is 16.9. The van der Waals surface area contributed by atoms with Gasteiger partial charge in [-0.3, -0.25) is 4.79 Å². The lowest BCUT2D eigenvalue weighted by atomic mass is 9.94. The van der Waals surface area contributed by atoms with E-state index in [1.807, 2.05) is 80.3 Å². The highest BCUT2D eigenvalue weighted by Crippen LogP contribution is 2.32. The molecule has 2 N–H and O–H groups in total. The van der Waals surface area contributed by atoms with Gasteiger partial charge in [-0.25, -0.2) is 4.79 Å². The topological polar surface area (TPSA) is 79.9 Å². The predicted octanol–water partition coefficient (Wildman–Crippen LogP) is 4.53. The summed E-state index contributed by atoms with van der Waals surface area (Å²) >= 11 is 5.57. The second kappa shape index (κ2) is 12.5. The molecule has 1 amide bonds. The molecule has 1 heterocycles. The molecule has 2 aromatic carbocycles. The number of nitrogens with zero attached hydrogens (tertiary/aromatic N) is 1. The summed E-state index contributed by atoms with van der Waals surface area (Å²) in [6, 6.07) is 16.7. The van der Waals surface area contributed by atoms with Crippen LogP contribution in [-0.4, -0.2) is 48.8 Å². The number of esters is 1. The minimum atomic E-state index is -0.506. The number of carbonyl (C=O) groups excluding carboxylic acids is 2. The molecule has 0 bridgehead atoms. The third kappa shape index (κ3) is 6.26. The predicted molar refractivity (Wildman–Crippen MR) is 141 cm³/mol. The summed E-state index contributed by atoms with van der Waals surface area (Å²) in [4.78, 5) is 28.0. The molecule has 2 unspecified atom stereocenters. The molecule has 2 atom stereocenters. The van der Waals surface area contributed by atoms with Crippen LogP contribution in [0.4, 0.5) is 5.69 Å². The van der Waals surface area contributed by atoms with Crippen molar-refractivity contribution in [2.24, 2.45) is 0 Å². The third-order valence-corrected chi connectivity index (χ3v) is 6.41. The number of benzene rings is 2. The van der Waals surface area contributed by atoms with Crippen LogP contribution < -0.4 is 10.6 Å². The fourth-order valence-corrected chi connectivity index (χ4v) is 4.64. The van der Waals surface area contributed by atoms with Gasteiger partial charge in [0.2, 0.25) is 5.91 Å². The van der Waals surface area contributed by atoms with Crippen molar-refractivity contribution in [3.63, 3.8) is 0 Å². The van der Waals surface area contributed by atoms with Gasteiger partial charge in [0.15, 0.2) is 5.11 Å². The first kappa shape index (κ1) is 26.4. The molecule has 8 heteroatoms. The van der Waals surface area contributed by atoms with Crippen LogP contribution in [0.25, 0.3) is 0 Å². The molecule has 7 nitrogen and oxygen atoms in total. The van der Waals surface area contributed by atoms with Gasteiger partial charge in [-0.2, -0.15) is 0 Å². The number of nitrogens with one attached hydrogen (secondary N) is 2. The zero-order chi connectivity index (χ0) is 25.4. The Morgan fingerprint density at radius 1 is 1.11 bits per heavy atom. The molecule has 0 radical (unpaired) electrons. The first-order valence-electron chi connectivity index (χ1n) is 11.8. The van der Waals surface area contributed by atoms with Crippen LogP contribution in [0.3, 0.4) is 0 Å². The van der Waals surface area contributed by atoms with E-state index in [2.05, 4.69) is 10.6 Å². The molecule has 0 aliphatic carbocycles. The van der Waals surface area contributed by atoms with Crippen LogP contribution in [0.5, 0.6) is 0 Å². The normalized spacial score (nSPS) is 16.5. The minimum absolute atomic E-state index is 0.0777. The molecule has 35 heavy (non-hydrogen) atoms. The standard InChI is InChI=1S/C27H33N3O4S/c1-5-22(19-11-8-7-9-12-19)25(31)28-21-14-10-13-20(17-21)24-23(26(32)34-16-15-33-4)18(3)30(6-2)27(35)29-24/h7-14,17,22,24H,5-6,15-16H2,1-4H3,(H,28,31)(H,29,35). The average molecular weight is 496 g/mol. The van der Waals surface area contributed by atoms with E-state index < -0.39 is 12.0 Å². The number of carbonyl (C=O) groups is 2. The van der Waals surface area contributed by atoms with Crippen LogP contribution in [0.1, 0.15) is 50.3 Å². The Morgan fingerprint density at radius 3 is 2.51 bits per heavy atom. The average Bonchev–Trinajstić information content (AvgIpc) is 2.85. The second-order valence-corrected chi connectivity index (χ2v) is 8.63. The summed E-state index contributed by atoms with van der Waals surface area (Å²) in [6.45, 7) is 6.92. The largest absolute Gasteiger partial charge is 0.460 e. The van der Waals surface area contributed by atoms with Crippen molar-refractivity contribution in [2.75, 3.05) is 32.2 Å². The van der Waals surface area contributed by atoms with Gasteiger partial charge in [-0.1, -0.05) is 49.4 Å². The number of anilines is 1. The van der Waals surface area contributed by atoms with Gasteiger partial charge in [0, 0.05) is 25.0 Å². The van der Waals surface area contributed by atoms with Gasteiger partial charge >= 0.3 is 5.97 Å². The summed E-state index contributed by atoms with van der Waals surface area (Å²) in [5, 5.41) is 6.86. The second-order valence-electron chi connectivity index (χ2n) is 8.24. The molecule has 0 spiro atoms. The highest BCUT2D eigenvalue weighted by atomic mass is 32.1. The van der Waals surface area contributed by atoms with E-state index in [4.69, 9.17) is 21.7 Å². The van der Waals surface area contributed by atoms with Crippen molar-refractivity contribution in [1.82, 2.24) is 10.2 Å². The number of hydrogen-bond donors (Lipinski definition) is 2. The molecule has 2 aromatic rings. The summed E-state index contributed by atoms with van der Waals surface area (Å²) in [5.74, 6) is -0.763. The molecule has 186 valence electrons. The maximum Gasteiger partial charge on any atom is 0.338 e. The molecule has 1 aliphatic heterocycles. The zero-order valence-electron chi connectivity index (χ0n) is 20.7. The van der Waals surface area contributed by atoms with Crippen LogP contribution in [0.2, 0.25) is 0 Å². The molecule has 0 fully saturated rings. The molecule has 0 aromatic heterocycles. The van der Waals surface area contributed by atoms with Crippen LogP contribution >= 0.6 is 12.2 Å². The smallest absolute Gasteiger partial charge is 0.338 e. The van der Waals surface area contributed by atoms with Gasteiger partial charge in [0.05, 0.1) is 24.1 Å². The summed E-state index contributed by atoms with van der Waals surface area (Å²) < 4.78 is 10.5. The van der Waals surface area contributed by atoms with Gasteiger partial charge < -0.3 is 25.0 Å². The number of methoxy groups -OCH3 is 1. The van der Waals surface area contributed by atoms with Crippen LogP contribution in [0.15, 0.2) is 65.9 Å². The van der Waals surface area contributed by atoms with E-state index >= 15 is 0 Å². The van der Waals surface area contributed by atoms with Crippen molar-refractivity contribution in [3.05, 3.63) is 77.0 Å². The Morgan fingerprint density at radius 2 is 1.86 bits per heavy atom. The first-order valence-corrected chi connectivity index (χ1v) is 12.2. The number of allylic oxidation sites excluding steroid dienone is 1. The number of rotatable bonds is 10. The lowest BCUT2D eigenvalue weighted by Gasteiger charge is -2.37. The highest BCUT2D eigenvalue weighted by Gasteiger charge is 2.34. The Balaban J connectivity index is 1.89. The van der Waals surface area contributed by atoms with Crippen molar-refractivity contribution in [1.29, 1.82) is 0 Å². The van der Waals surface area contributed by atoms with E-state index in [0.29, 0.717) is 35.9 Å². The molecule has 3 rings (SSSR count). The van der Waals surface area contributed by atoms with E-state index in [-0.39, 0.29) is 18.4 Å². The molecule has 0 saturated heterocycles. The van der Waals surface area contributed by atoms with Gasteiger partial charge in [-0.05, 0) is 55.7 Å². The van der Waals surface area contributed by atoms with Crippen LogP contribution in [-0.2, 0) is 19.1 Å². The number of hydrogen-bond acceptors (Lipinski definition) is 5. The Bertz CT molecular complexity index is 1090. The molecular weight excluding hydrogens is 462 g/mol. The van der Waals surface area contributed by atoms with Gasteiger partial charge in [0.1, 0.15) is 6.61 Å².